The number of piperidine rings is 1. The van der Waals surface area contributed by atoms with Crippen LogP contribution in [-0.2, 0) is 17.9 Å². The molecule has 3 aromatic rings. The minimum Gasteiger partial charge on any atom is -0.354 e. The normalized spacial score (nSPS) is 17.3. The average molecular weight is 366 g/mol. The summed E-state index contributed by atoms with van der Waals surface area (Å²) in [7, 11) is 0. The maximum absolute atomic E-state index is 12.3. The van der Waals surface area contributed by atoms with Gasteiger partial charge in [-0.1, -0.05) is 18.2 Å². The standard InChI is InChI=1S/C20H26N6O/c27-20(15-26-19(8-11-23-26)16-6-3-9-21-13-16)22-10-4-12-25-18-7-2-1-5-17(18)14-24-25/h1-2,5,7-8,11,14,16,21H,3-4,6,9-10,12-13,15H2,(H,22,27)/t16-/m1/s1. The van der Waals surface area contributed by atoms with Crippen LogP contribution in [0.2, 0.25) is 0 Å². The van der Waals surface area contributed by atoms with Crippen molar-refractivity contribution in [1.82, 2.24) is 30.2 Å². The van der Waals surface area contributed by atoms with Crippen LogP contribution in [0.4, 0.5) is 0 Å². The van der Waals surface area contributed by atoms with E-state index in [0.29, 0.717) is 12.5 Å². The molecule has 7 heteroatoms. The zero-order valence-electron chi connectivity index (χ0n) is 15.5. The van der Waals surface area contributed by atoms with Crippen molar-refractivity contribution in [3.63, 3.8) is 0 Å². The Morgan fingerprint density at radius 3 is 3.04 bits per heavy atom. The minimum atomic E-state index is 0.00837. The molecule has 2 aromatic heterocycles. The second-order valence-electron chi connectivity index (χ2n) is 7.09. The van der Waals surface area contributed by atoms with Crippen molar-refractivity contribution in [2.75, 3.05) is 19.6 Å². The highest BCUT2D eigenvalue weighted by Crippen LogP contribution is 2.22. The van der Waals surface area contributed by atoms with Crippen LogP contribution in [0.1, 0.15) is 30.9 Å². The Bertz CT molecular complexity index is 893. The van der Waals surface area contributed by atoms with Crippen molar-refractivity contribution in [2.45, 2.75) is 38.3 Å². The van der Waals surface area contributed by atoms with Crippen LogP contribution in [0, 0.1) is 0 Å². The molecule has 1 amide bonds. The number of aryl methyl sites for hydroxylation is 1. The molecule has 27 heavy (non-hydrogen) atoms. The fourth-order valence-electron chi connectivity index (χ4n) is 3.78. The van der Waals surface area contributed by atoms with Crippen molar-refractivity contribution in [2.24, 2.45) is 0 Å². The molecule has 4 rings (SSSR count). The van der Waals surface area contributed by atoms with Gasteiger partial charge in [0.05, 0.1) is 11.7 Å². The summed E-state index contributed by atoms with van der Waals surface area (Å²) >= 11 is 0. The Balaban J connectivity index is 1.25. The largest absolute Gasteiger partial charge is 0.354 e. The predicted molar refractivity (Wildman–Crippen MR) is 104 cm³/mol. The number of hydrogen-bond donors (Lipinski definition) is 2. The van der Waals surface area contributed by atoms with Gasteiger partial charge in [-0.25, -0.2) is 0 Å². The van der Waals surface area contributed by atoms with Gasteiger partial charge in [0, 0.05) is 42.8 Å². The summed E-state index contributed by atoms with van der Waals surface area (Å²) in [4.78, 5) is 12.3. The molecule has 0 unspecified atom stereocenters. The molecule has 2 N–H and O–H groups in total. The van der Waals surface area contributed by atoms with E-state index >= 15 is 0 Å². The zero-order valence-corrected chi connectivity index (χ0v) is 15.5. The summed E-state index contributed by atoms with van der Waals surface area (Å²) in [6, 6.07) is 10.2. The first kappa shape index (κ1) is 17.7. The number of carbonyl (C=O) groups is 1. The number of hydrogen-bond acceptors (Lipinski definition) is 4. The molecule has 7 nitrogen and oxygen atoms in total. The molecule has 142 valence electrons. The Kier molecular flexibility index (Phi) is 5.48. The van der Waals surface area contributed by atoms with E-state index in [2.05, 4.69) is 33.0 Å². The number of nitrogens with one attached hydrogen (secondary N) is 2. The number of amides is 1. The summed E-state index contributed by atoms with van der Waals surface area (Å²) in [6.07, 6.45) is 6.84. The highest BCUT2D eigenvalue weighted by atomic mass is 16.2. The first-order valence-corrected chi connectivity index (χ1v) is 9.71. The number of aromatic nitrogens is 4. The summed E-state index contributed by atoms with van der Waals surface area (Å²) in [5, 5.41) is 16.3. The van der Waals surface area contributed by atoms with Gasteiger partial charge in [0.2, 0.25) is 5.91 Å². The third-order valence-corrected chi connectivity index (χ3v) is 5.18. The van der Waals surface area contributed by atoms with Gasteiger partial charge in [-0.15, -0.1) is 0 Å². The van der Waals surface area contributed by atoms with Crippen molar-refractivity contribution >= 4 is 16.8 Å². The Morgan fingerprint density at radius 1 is 1.22 bits per heavy atom. The van der Waals surface area contributed by atoms with E-state index in [0.717, 1.165) is 49.1 Å². The average Bonchev–Trinajstić information content (AvgIpc) is 3.33. The molecule has 0 aliphatic carbocycles. The highest BCUT2D eigenvalue weighted by molar-refractivity contribution is 5.78. The minimum absolute atomic E-state index is 0.00837. The van der Waals surface area contributed by atoms with Gasteiger partial charge < -0.3 is 10.6 Å². The Morgan fingerprint density at radius 2 is 2.15 bits per heavy atom. The van der Waals surface area contributed by atoms with Crippen molar-refractivity contribution in [1.29, 1.82) is 0 Å². The van der Waals surface area contributed by atoms with Crippen LogP contribution in [0.5, 0.6) is 0 Å². The smallest absolute Gasteiger partial charge is 0.241 e. The lowest BCUT2D eigenvalue weighted by atomic mass is 9.96. The summed E-state index contributed by atoms with van der Waals surface area (Å²) in [5.74, 6) is 0.455. The van der Waals surface area contributed by atoms with Gasteiger partial charge in [0.25, 0.3) is 0 Å². The third-order valence-electron chi connectivity index (χ3n) is 5.18. The monoisotopic (exact) mass is 366 g/mol. The van der Waals surface area contributed by atoms with Gasteiger partial charge in [-0.05, 0) is 37.9 Å². The SMILES string of the molecule is O=C(Cn1nccc1[C@@H]1CCCNC1)NCCCn1ncc2ccccc21. The van der Waals surface area contributed by atoms with Crippen LogP contribution in [0.3, 0.4) is 0 Å². The lowest BCUT2D eigenvalue weighted by Crippen LogP contribution is -2.33. The number of benzene rings is 1. The van der Waals surface area contributed by atoms with E-state index in [9.17, 15) is 4.79 Å². The first-order valence-electron chi connectivity index (χ1n) is 9.71. The highest BCUT2D eigenvalue weighted by Gasteiger charge is 2.19. The van der Waals surface area contributed by atoms with Crippen LogP contribution in [0.25, 0.3) is 10.9 Å². The Hall–Kier alpha value is -2.67. The molecular formula is C20H26N6O. The molecule has 3 heterocycles. The van der Waals surface area contributed by atoms with E-state index in [4.69, 9.17) is 0 Å². The van der Waals surface area contributed by atoms with E-state index < -0.39 is 0 Å². The number of nitrogens with zero attached hydrogens (tertiary/aromatic N) is 4. The fourth-order valence-corrected chi connectivity index (χ4v) is 3.78. The van der Waals surface area contributed by atoms with Crippen molar-refractivity contribution < 1.29 is 4.79 Å². The topological polar surface area (TPSA) is 76.8 Å². The maximum Gasteiger partial charge on any atom is 0.241 e. The van der Waals surface area contributed by atoms with Gasteiger partial charge >= 0.3 is 0 Å². The summed E-state index contributed by atoms with van der Waals surface area (Å²) < 4.78 is 3.83. The zero-order chi connectivity index (χ0) is 18.5. The molecule has 1 aliphatic heterocycles. The van der Waals surface area contributed by atoms with Gasteiger partial charge in [0.1, 0.15) is 6.54 Å². The molecule has 1 fully saturated rings. The molecule has 1 saturated heterocycles. The molecule has 0 bridgehead atoms. The predicted octanol–water partition coefficient (Wildman–Crippen LogP) is 1.91. The summed E-state index contributed by atoms with van der Waals surface area (Å²) in [6.45, 7) is 3.74. The number of fused-ring (bicyclic) bond motifs is 1. The lowest BCUT2D eigenvalue weighted by molar-refractivity contribution is -0.121. The van der Waals surface area contributed by atoms with Gasteiger partial charge in [-0.3, -0.25) is 14.2 Å². The maximum atomic E-state index is 12.3. The van der Waals surface area contributed by atoms with Crippen molar-refractivity contribution in [3.05, 3.63) is 48.4 Å². The number of carbonyl (C=O) groups excluding carboxylic acids is 1. The van der Waals surface area contributed by atoms with E-state index in [1.54, 1.807) is 6.20 Å². The fraction of sp³-hybridized carbons (Fsp3) is 0.450. The van der Waals surface area contributed by atoms with Gasteiger partial charge in [0.15, 0.2) is 0 Å². The molecule has 0 saturated carbocycles. The van der Waals surface area contributed by atoms with Crippen LogP contribution < -0.4 is 10.6 Å². The van der Waals surface area contributed by atoms with Crippen LogP contribution in [-0.4, -0.2) is 45.1 Å². The molecule has 1 aromatic carbocycles. The van der Waals surface area contributed by atoms with Crippen LogP contribution >= 0.6 is 0 Å². The van der Waals surface area contributed by atoms with E-state index in [-0.39, 0.29) is 12.5 Å². The third kappa shape index (κ3) is 4.19. The molecule has 0 radical (unpaired) electrons. The Labute approximate surface area is 158 Å². The van der Waals surface area contributed by atoms with Crippen LogP contribution in [0.15, 0.2) is 42.7 Å². The van der Waals surface area contributed by atoms with Gasteiger partial charge in [-0.2, -0.15) is 10.2 Å². The number of para-hydroxylation sites is 1. The quantitative estimate of drug-likeness (QED) is 0.626. The van der Waals surface area contributed by atoms with Crippen molar-refractivity contribution in [3.8, 4) is 0 Å². The molecule has 1 atom stereocenters. The second-order valence-corrected chi connectivity index (χ2v) is 7.09. The number of rotatable bonds is 7. The molecular weight excluding hydrogens is 340 g/mol. The molecule has 0 spiro atoms. The second kappa shape index (κ2) is 8.35. The first-order chi connectivity index (χ1) is 13.3. The van der Waals surface area contributed by atoms with E-state index in [1.165, 1.54) is 6.42 Å². The van der Waals surface area contributed by atoms with E-state index in [1.807, 2.05) is 33.8 Å². The molecule has 1 aliphatic rings. The lowest BCUT2D eigenvalue weighted by Gasteiger charge is -2.23. The summed E-state index contributed by atoms with van der Waals surface area (Å²) in [5.41, 5.74) is 2.28.